The summed E-state index contributed by atoms with van der Waals surface area (Å²) in [6.45, 7) is 0.748. The first kappa shape index (κ1) is 22.1. The average molecular weight is 481 g/mol. The standard InChI is InChI=1S/C26H24N8O2/c27-10-16-7-19(16)26(35)33-23-9-15-8-22(32-25(28)20(15)13-30-23)21-12-29-5-4-18(21)17-11-31-34(14-17)24-3-1-2-6-36-24/h4-5,8-9,11-14,16,19,24H,1-3,6-7H2,(H2,28,32)(H,30,33,35)/t16-,19+,24?/m1/s1. The number of hydrogen-bond acceptors (Lipinski definition) is 8. The highest BCUT2D eigenvalue weighted by molar-refractivity contribution is 5.99. The first-order valence-electron chi connectivity index (χ1n) is 12.0. The molecular weight excluding hydrogens is 456 g/mol. The number of carbonyl (C=O) groups excluding carboxylic acids is 1. The third-order valence-electron chi connectivity index (χ3n) is 6.75. The van der Waals surface area contributed by atoms with Crippen LogP contribution in [0.5, 0.6) is 0 Å². The van der Waals surface area contributed by atoms with E-state index < -0.39 is 0 Å². The number of aromatic nitrogens is 5. The molecule has 6 rings (SSSR count). The molecule has 0 aromatic carbocycles. The van der Waals surface area contributed by atoms with Crippen molar-refractivity contribution >= 4 is 28.3 Å². The van der Waals surface area contributed by atoms with Gasteiger partial charge in [-0.1, -0.05) is 0 Å². The van der Waals surface area contributed by atoms with Gasteiger partial charge in [0.05, 0.1) is 29.8 Å². The molecule has 1 saturated heterocycles. The molecule has 1 saturated carbocycles. The molecule has 4 aromatic heterocycles. The quantitative estimate of drug-likeness (QED) is 0.437. The Morgan fingerprint density at radius 1 is 1.22 bits per heavy atom. The van der Waals surface area contributed by atoms with Crippen molar-refractivity contribution in [2.24, 2.45) is 11.8 Å². The number of nitriles is 1. The highest BCUT2D eigenvalue weighted by atomic mass is 16.5. The second-order valence-electron chi connectivity index (χ2n) is 9.20. The molecule has 2 fully saturated rings. The summed E-state index contributed by atoms with van der Waals surface area (Å²) >= 11 is 0. The van der Waals surface area contributed by atoms with Crippen molar-refractivity contribution in [1.29, 1.82) is 5.26 Å². The summed E-state index contributed by atoms with van der Waals surface area (Å²) in [7, 11) is 0. The molecule has 0 bridgehead atoms. The number of carbonyl (C=O) groups is 1. The van der Waals surface area contributed by atoms with Crippen LogP contribution in [0.1, 0.15) is 31.9 Å². The number of ether oxygens (including phenoxy) is 1. The van der Waals surface area contributed by atoms with Gasteiger partial charge in [0.2, 0.25) is 5.91 Å². The summed E-state index contributed by atoms with van der Waals surface area (Å²) < 4.78 is 7.74. The van der Waals surface area contributed by atoms with Gasteiger partial charge < -0.3 is 15.8 Å². The maximum Gasteiger partial charge on any atom is 0.230 e. The first-order valence-corrected chi connectivity index (χ1v) is 12.0. The van der Waals surface area contributed by atoms with Crippen LogP contribution in [0.3, 0.4) is 0 Å². The van der Waals surface area contributed by atoms with E-state index in [1.165, 1.54) is 0 Å². The molecule has 180 valence electrons. The smallest absolute Gasteiger partial charge is 0.230 e. The van der Waals surface area contributed by atoms with E-state index in [-0.39, 0.29) is 24.0 Å². The summed E-state index contributed by atoms with van der Waals surface area (Å²) in [6, 6.07) is 7.74. The molecule has 3 N–H and O–H groups in total. The number of nitrogens with one attached hydrogen (secondary N) is 1. The van der Waals surface area contributed by atoms with E-state index in [2.05, 4.69) is 31.4 Å². The van der Waals surface area contributed by atoms with Crippen LogP contribution < -0.4 is 11.1 Å². The Balaban J connectivity index is 1.33. The third kappa shape index (κ3) is 4.14. The highest BCUT2D eigenvalue weighted by Crippen LogP contribution is 2.39. The van der Waals surface area contributed by atoms with Gasteiger partial charge in [-0.05, 0) is 54.8 Å². The number of nitrogen functional groups attached to an aromatic ring is 1. The van der Waals surface area contributed by atoms with Crippen LogP contribution in [-0.4, -0.2) is 37.2 Å². The molecule has 1 aliphatic heterocycles. The number of amides is 1. The Labute approximate surface area is 207 Å². The molecule has 2 aliphatic rings. The Kier molecular flexibility index (Phi) is 5.54. The summed E-state index contributed by atoms with van der Waals surface area (Å²) in [4.78, 5) is 25.7. The highest BCUT2D eigenvalue weighted by Gasteiger charge is 2.43. The molecule has 4 aromatic rings. The van der Waals surface area contributed by atoms with E-state index in [0.29, 0.717) is 29.1 Å². The van der Waals surface area contributed by atoms with Gasteiger partial charge in [0.25, 0.3) is 0 Å². The lowest BCUT2D eigenvalue weighted by Gasteiger charge is -2.22. The SMILES string of the molecule is N#C[C@H]1C[C@@H]1C(=O)Nc1cc2cc(-c3cnccc3-c3cnn(C4CCCCO4)c3)nc(N)c2cn1. The summed E-state index contributed by atoms with van der Waals surface area (Å²) in [6.07, 6.45) is 12.6. The predicted molar refractivity (Wildman–Crippen MR) is 133 cm³/mol. The second kappa shape index (κ2) is 9.02. The Bertz CT molecular complexity index is 1500. The van der Waals surface area contributed by atoms with Crippen molar-refractivity contribution in [2.75, 3.05) is 17.7 Å². The topological polar surface area (TPSA) is 145 Å². The van der Waals surface area contributed by atoms with Crippen molar-refractivity contribution in [3.8, 4) is 28.5 Å². The molecule has 36 heavy (non-hydrogen) atoms. The lowest BCUT2D eigenvalue weighted by atomic mass is 10.0. The fourth-order valence-corrected chi connectivity index (χ4v) is 4.64. The summed E-state index contributed by atoms with van der Waals surface area (Å²) in [5, 5.41) is 17.8. The van der Waals surface area contributed by atoms with Crippen LogP contribution in [-0.2, 0) is 9.53 Å². The van der Waals surface area contributed by atoms with Gasteiger partial charge in [0.15, 0.2) is 0 Å². The van der Waals surface area contributed by atoms with E-state index >= 15 is 0 Å². The fraction of sp³-hybridized carbons (Fsp3) is 0.308. The largest absolute Gasteiger partial charge is 0.383 e. The summed E-state index contributed by atoms with van der Waals surface area (Å²) in [5.41, 5.74) is 9.63. The molecule has 5 heterocycles. The van der Waals surface area contributed by atoms with E-state index in [0.717, 1.165) is 47.9 Å². The molecule has 3 atom stereocenters. The van der Waals surface area contributed by atoms with Gasteiger partial charge in [-0.3, -0.25) is 9.78 Å². The number of pyridine rings is 3. The minimum Gasteiger partial charge on any atom is -0.383 e. The molecular formula is C26H24N8O2. The lowest BCUT2D eigenvalue weighted by Crippen LogP contribution is -2.18. The Morgan fingerprint density at radius 2 is 2.14 bits per heavy atom. The van der Waals surface area contributed by atoms with Gasteiger partial charge in [0.1, 0.15) is 17.9 Å². The zero-order chi connectivity index (χ0) is 24.6. The number of rotatable bonds is 5. The second-order valence-corrected chi connectivity index (χ2v) is 9.20. The summed E-state index contributed by atoms with van der Waals surface area (Å²) in [5.74, 6) is 0.0658. The van der Waals surface area contributed by atoms with Gasteiger partial charge in [-0.2, -0.15) is 10.4 Å². The number of hydrogen-bond donors (Lipinski definition) is 2. The van der Waals surface area contributed by atoms with Crippen LogP contribution in [0.25, 0.3) is 33.2 Å². The van der Waals surface area contributed by atoms with E-state index in [9.17, 15) is 4.79 Å². The van der Waals surface area contributed by atoms with Crippen LogP contribution in [0, 0.1) is 23.2 Å². The number of anilines is 2. The van der Waals surface area contributed by atoms with Crippen LogP contribution in [0.4, 0.5) is 11.6 Å². The molecule has 1 unspecified atom stereocenters. The monoisotopic (exact) mass is 480 g/mol. The fourth-order valence-electron chi connectivity index (χ4n) is 4.64. The number of fused-ring (bicyclic) bond motifs is 1. The van der Waals surface area contributed by atoms with Crippen molar-refractivity contribution < 1.29 is 9.53 Å². The first-order chi connectivity index (χ1) is 17.6. The zero-order valence-corrected chi connectivity index (χ0v) is 19.5. The predicted octanol–water partition coefficient (Wildman–Crippen LogP) is 3.93. The van der Waals surface area contributed by atoms with Crippen molar-refractivity contribution in [1.82, 2.24) is 24.7 Å². The Hall–Kier alpha value is -4.36. The minimum atomic E-state index is -0.275. The van der Waals surface area contributed by atoms with E-state index in [4.69, 9.17) is 15.7 Å². The molecule has 10 heteroatoms. The molecule has 0 radical (unpaired) electrons. The molecule has 0 spiro atoms. The minimum absolute atomic E-state index is 0.0487. The molecule has 10 nitrogen and oxygen atoms in total. The third-order valence-corrected chi connectivity index (χ3v) is 6.75. The van der Waals surface area contributed by atoms with Gasteiger partial charge in [-0.15, -0.1) is 0 Å². The van der Waals surface area contributed by atoms with E-state index in [1.807, 2.05) is 29.2 Å². The number of nitrogens with zero attached hydrogens (tertiary/aromatic N) is 6. The van der Waals surface area contributed by atoms with Crippen LogP contribution >= 0.6 is 0 Å². The van der Waals surface area contributed by atoms with Gasteiger partial charge >= 0.3 is 0 Å². The average Bonchev–Trinajstić information content (AvgIpc) is 3.55. The van der Waals surface area contributed by atoms with Crippen LogP contribution in [0.2, 0.25) is 0 Å². The van der Waals surface area contributed by atoms with Crippen molar-refractivity contribution in [3.63, 3.8) is 0 Å². The Morgan fingerprint density at radius 3 is 2.94 bits per heavy atom. The van der Waals surface area contributed by atoms with Crippen molar-refractivity contribution in [2.45, 2.75) is 31.9 Å². The van der Waals surface area contributed by atoms with Gasteiger partial charge in [-0.25, -0.2) is 14.6 Å². The molecule has 1 aliphatic carbocycles. The zero-order valence-electron chi connectivity index (χ0n) is 19.5. The molecule has 1 amide bonds. The van der Waals surface area contributed by atoms with Crippen LogP contribution in [0.15, 0.2) is 49.2 Å². The lowest BCUT2D eigenvalue weighted by molar-refractivity contribution is -0.117. The van der Waals surface area contributed by atoms with Gasteiger partial charge in [0, 0.05) is 47.9 Å². The maximum absolute atomic E-state index is 12.4. The maximum atomic E-state index is 12.4. The van der Waals surface area contributed by atoms with E-state index in [1.54, 1.807) is 24.7 Å². The number of nitrogens with two attached hydrogens (primary N) is 1. The van der Waals surface area contributed by atoms with Crippen molar-refractivity contribution in [3.05, 3.63) is 49.2 Å². The normalized spacial score (nSPS) is 21.1.